The van der Waals surface area contributed by atoms with Crippen molar-refractivity contribution in [2.75, 3.05) is 13.2 Å². The summed E-state index contributed by atoms with van der Waals surface area (Å²) in [7, 11) is 0. The van der Waals surface area contributed by atoms with Crippen LogP contribution in [0.5, 0.6) is 5.75 Å². The number of hydrogen-bond donors (Lipinski definition) is 1. The second-order valence-corrected chi connectivity index (χ2v) is 6.05. The summed E-state index contributed by atoms with van der Waals surface area (Å²) in [6.07, 6.45) is 0. The molecule has 1 amide bonds. The molecule has 2 aromatic carbocycles. The lowest BCUT2D eigenvalue weighted by atomic mass is 10.0. The molecule has 0 radical (unpaired) electrons. The molecule has 138 valence electrons. The third-order valence-electron chi connectivity index (χ3n) is 3.65. The molecule has 2 rings (SSSR count). The Balaban J connectivity index is 1.71. The normalized spacial score (nSPS) is 10.5. The lowest BCUT2D eigenvalue weighted by Crippen LogP contribution is -2.29. The van der Waals surface area contributed by atoms with Crippen LogP contribution in [0.2, 0.25) is 0 Å². The summed E-state index contributed by atoms with van der Waals surface area (Å²) in [5.74, 6) is -0.515. The van der Waals surface area contributed by atoms with E-state index >= 15 is 0 Å². The Hall–Kier alpha value is -2.89. The number of carbonyl (C=O) groups is 2. The fourth-order valence-electron chi connectivity index (χ4n) is 2.27. The van der Waals surface area contributed by atoms with Gasteiger partial charge in [0.1, 0.15) is 11.6 Å². The van der Waals surface area contributed by atoms with Gasteiger partial charge in [0.25, 0.3) is 5.91 Å². The first-order valence-electron chi connectivity index (χ1n) is 8.34. The number of hydrogen-bond acceptors (Lipinski definition) is 4. The van der Waals surface area contributed by atoms with Gasteiger partial charge in [0.05, 0.1) is 0 Å². The number of nitrogens with one attached hydrogen (secondary N) is 1. The van der Waals surface area contributed by atoms with Crippen molar-refractivity contribution in [3.8, 4) is 5.75 Å². The smallest absolute Gasteiger partial charge is 0.344 e. The van der Waals surface area contributed by atoms with Gasteiger partial charge < -0.3 is 14.8 Å². The zero-order valence-electron chi connectivity index (χ0n) is 14.8. The van der Waals surface area contributed by atoms with Gasteiger partial charge in [-0.15, -0.1) is 0 Å². The van der Waals surface area contributed by atoms with Crippen LogP contribution in [-0.2, 0) is 20.9 Å². The summed E-state index contributed by atoms with van der Waals surface area (Å²) in [6, 6.07) is 13.2. The van der Waals surface area contributed by atoms with Crippen LogP contribution in [0.15, 0.2) is 48.5 Å². The molecule has 0 heterocycles. The number of halogens is 1. The molecule has 0 aliphatic rings. The van der Waals surface area contributed by atoms with Crippen molar-refractivity contribution in [1.29, 1.82) is 0 Å². The first-order valence-corrected chi connectivity index (χ1v) is 8.34. The summed E-state index contributed by atoms with van der Waals surface area (Å²) >= 11 is 0. The van der Waals surface area contributed by atoms with Crippen molar-refractivity contribution in [1.82, 2.24) is 5.32 Å². The Kier molecular flexibility index (Phi) is 7.14. The molecule has 0 atom stereocenters. The predicted octanol–water partition coefficient (Wildman–Crippen LogP) is 3.19. The number of benzene rings is 2. The molecule has 0 fully saturated rings. The minimum Gasteiger partial charge on any atom is -0.482 e. The van der Waals surface area contributed by atoms with E-state index in [0.29, 0.717) is 5.75 Å². The predicted molar refractivity (Wildman–Crippen MR) is 95.2 cm³/mol. The van der Waals surface area contributed by atoms with Gasteiger partial charge >= 0.3 is 5.97 Å². The quantitative estimate of drug-likeness (QED) is 0.735. The Morgan fingerprint density at radius 3 is 2.42 bits per heavy atom. The molecule has 6 heteroatoms. The average molecular weight is 359 g/mol. The van der Waals surface area contributed by atoms with Gasteiger partial charge in [-0.1, -0.05) is 44.2 Å². The summed E-state index contributed by atoms with van der Waals surface area (Å²) in [5.41, 5.74) is 1.75. The molecule has 0 aliphatic carbocycles. The molecule has 1 N–H and O–H groups in total. The largest absolute Gasteiger partial charge is 0.482 e. The van der Waals surface area contributed by atoms with Crippen molar-refractivity contribution in [3.63, 3.8) is 0 Å². The number of carbonyl (C=O) groups excluding carboxylic acids is 2. The van der Waals surface area contributed by atoms with Crippen LogP contribution in [0.25, 0.3) is 0 Å². The lowest BCUT2D eigenvalue weighted by Gasteiger charge is -2.13. The van der Waals surface area contributed by atoms with E-state index in [-0.39, 0.29) is 24.9 Å². The van der Waals surface area contributed by atoms with E-state index in [1.165, 1.54) is 12.1 Å². The maximum atomic E-state index is 12.8. The summed E-state index contributed by atoms with van der Waals surface area (Å²) in [5, 5.41) is 2.59. The highest BCUT2D eigenvalue weighted by molar-refractivity contribution is 5.80. The minimum absolute atomic E-state index is 0.231. The molecule has 5 nitrogen and oxygen atoms in total. The summed E-state index contributed by atoms with van der Waals surface area (Å²) < 4.78 is 23.2. The van der Waals surface area contributed by atoms with Crippen molar-refractivity contribution < 1.29 is 23.5 Å². The van der Waals surface area contributed by atoms with Crippen molar-refractivity contribution >= 4 is 11.9 Å². The van der Waals surface area contributed by atoms with Crippen LogP contribution in [-0.4, -0.2) is 25.1 Å². The highest BCUT2D eigenvalue weighted by Crippen LogP contribution is 2.25. The number of rotatable bonds is 8. The molecule has 26 heavy (non-hydrogen) atoms. The topological polar surface area (TPSA) is 64.6 Å². The van der Waals surface area contributed by atoms with Crippen LogP contribution in [0.4, 0.5) is 4.39 Å². The molecule has 2 aromatic rings. The van der Waals surface area contributed by atoms with Crippen molar-refractivity contribution in [2.24, 2.45) is 0 Å². The maximum absolute atomic E-state index is 12.8. The molecular weight excluding hydrogens is 337 g/mol. The van der Waals surface area contributed by atoms with Gasteiger partial charge in [0, 0.05) is 6.54 Å². The van der Waals surface area contributed by atoms with E-state index in [0.717, 1.165) is 11.1 Å². The van der Waals surface area contributed by atoms with E-state index < -0.39 is 18.5 Å². The molecule has 0 unspecified atom stereocenters. The Morgan fingerprint density at radius 2 is 1.73 bits per heavy atom. The number of amides is 1. The fourth-order valence-corrected chi connectivity index (χ4v) is 2.27. The van der Waals surface area contributed by atoms with Crippen LogP contribution in [0.3, 0.4) is 0 Å². The van der Waals surface area contributed by atoms with Gasteiger partial charge in [-0.3, -0.25) is 4.79 Å². The second kappa shape index (κ2) is 9.56. The highest BCUT2D eigenvalue weighted by atomic mass is 19.1. The molecule has 0 aromatic heterocycles. The van der Waals surface area contributed by atoms with Gasteiger partial charge in [-0.2, -0.15) is 0 Å². The number of esters is 1. The SMILES string of the molecule is CC(C)c1ccccc1OCC(=O)OCC(=O)NCc1ccc(F)cc1. The van der Waals surface area contributed by atoms with Crippen LogP contribution in [0, 0.1) is 5.82 Å². The van der Waals surface area contributed by atoms with Gasteiger partial charge in [0.2, 0.25) is 0 Å². The zero-order chi connectivity index (χ0) is 18.9. The highest BCUT2D eigenvalue weighted by Gasteiger charge is 2.11. The van der Waals surface area contributed by atoms with Gasteiger partial charge in [-0.25, -0.2) is 9.18 Å². The summed E-state index contributed by atoms with van der Waals surface area (Å²) in [4.78, 5) is 23.4. The third kappa shape index (κ3) is 6.20. The van der Waals surface area contributed by atoms with Crippen LogP contribution < -0.4 is 10.1 Å². The Labute approximate surface area is 152 Å². The third-order valence-corrected chi connectivity index (χ3v) is 3.65. The second-order valence-electron chi connectivity index (χ2n) is 6.05. The van der Waals surface area contributed by atoms with E-state index in [2.05, 4.69) is 5.32 Å². The molecule has 0 aliphatic heterocycles. The molecule has 0 spiro atoms. The number of ether oxygens (including phenoxy) is 2. The Bertz CT molecular complexity index is 744. The lowest BCUT2D eigenvalue weighted by molar-refractivity contribution is -0.150. The minimum atomic E-state index is -0.625. The van der Waals surface area contributed by atoms with Gasteiger partial charge in [-0.05, 0) is 35.2 Å². The zero-order valence-corrected chi connectivity index (χ0v) is 14.8. The van der Waals surface area contributed by atoms with Crippen LogP contribution in [0.1, 0.15) is 30.9 Å². The molecule has 0 saturated carbocycles. The first-order chi connectivity index (χ1) is 12.5. The standard InChI is InChI=1S/C20H22FNO4/c1-14(2)17-5-3-4-6-18(17)25-13-20(24)26-12-19(23)22-11-15-7-9-16(21)10-8-15/h3-10,14H,11-13H2,1-2H3,(H,22,23). The van der Waals surface area contributed by atoms with Crippen LogP contribution >= 0.6 is 0 Å². The Morgan fingerprint density at radius 1 is 1.04 bits per heavy atom. The molecule has 0 saturated heterocycles. The van der Waals surface area contributed by atoms with E-state index in [9.17, 15) is 14.0 Å². The first kappa shape index (κ1) is 19.4. The van der Waals surface area contributed by atoms with E-state index in [1.807, 2.05) is 32.0 Å². The van der Waals surface area contributed by atoms with Crippen molar-refractivity contribution in [2.45, 2.75) is 26.3 Å². The fraction of sp³-hybridized carbons (Fsp3) is 0.300. The monoisotopic (exact) mass is 359 g/mol. The number of para-hydroxylation sites is 1. The molecule has 0 bridgehead atoms. The van der Waals surface area contributed by atoms with Crippen molar-refractivity contribution in [3.05, 3.63) is 65.5 Å². The molecular formula is C20H22FNO4. The summed E-state index contributed by atoms with van der Waals surface area (Å²) in [6.45, 7) is 3.64. The maximum Gasteiger partial charge on any atom is 0.344 e. The van der Waals surface area contributed by atoms with E-state index in [1.54, 1.807) is 18.2 Å². The van der Waals surface area contributed by atoms with E-state index in [4.69, 9.17) is 9.47 Å². The van der Waals surface area contributed by atoms with Gasteiger partial charge in [0.15, 0.2) is 13.2 Å². The average Bonchev–Trinajstić information content (AvgIpc) is 2.64.